The maximum atomic E-state index is 12.2. The number of carbonyl (C=O) groups excluding carboxylic acids is 1. The predicted octanol–water partition coefficient (Wildman–Crippen LogP) is 3.71. The molecule has 1 heterocycles. The highest BCUT2D eigenvalue weighted by molar-refractivity contribution is 14.0. The second-order valence-corrected chi connectivity index (χ2v) is 7.37. The number of aliphatic imine (C=N–C) groups is 1. The van der Waals surface area contributed by atoms with Crippen LogP contribution in [0.1, 0.15) is 40.2 Å². The fourth-order valence-corrected chi connectivity index (χ4v) is 2.32. The first kappa shape index (κ1) is 26.7. The highest BCUT2D eigenvalue weighted by Crippen LogP contribution is 2.09. The molecule has 0 radical (unpaired) electrons. The number of amides is 1. The largest absolute Gasteiger partial charge is 0.444 e. The Bertz CT molecular complexity index is 605. The molecule has 0 unspecified atom stereocenters. The number of likely N-dealkylation sites (N-methyl/N-ethyl adjacent to an activating group) is 1. The Morgan fingerprint density at radius 3 is 2.54 bits per heavy atom. The molecule has 1 aromatic rings. The molecule has 0 aliphatic heterocycles. The van der Waals surface area contributed by atoms with Gasteiger partial charge in [0.25, 0.3) is 0 Å². The molecule has 160 valence electrons. The number of carbonyl (C=O) groups is 1. The van der Waals surface area contributed by atoms with Crippen LogP contribution < -0.4 is 10.6 Å². The molecule has 1 rings (SSSR count). The lowest BCUT2D eigenvalue weighted by atomic mass is 10.2. The average molecular weight is 526 g/mol. The Labute approximate surface area is 190 Å². The van der Waals surface area contributed by atoms with E-state index in [1.807, 2.05) is 40.7 Å². The quantitative estimate of drug-likeness (QED) is 0.234. The topological polar surface area (TPSA) is 78.9 Å². The number of nitrogens with one attached hydrogen (secondary N) is 2. The summed E-state index contributed by atoms with van der Waals surface area (Å²) in [6.07, 6.45) is 2.24. The molecule has 0 atom stereocenters. The monoisotopic (exact) mass is 525 g/mol. The Morgan fingerprint density at radius 2 is 2.00 bits per heavy atom. The van der Waals surface area contributed by atoms with Gasteiger partial charge in [-0.1, -0.05) is 17.7 Å². The molecule has 0 bridgehead atoms. The predicted molar refractivity (Wildman–Crippen MR) is 126 cm³/mol. The zero-order valence-corrected chi connectivity index (χ0v) is 20.5. The molecule has 1 amide bonds. The lowest BCUT2D eigenvalue weighted by Gasteiger charge is -2.26. The Morgan fingerprint density at radius 1 is 1.29 bits per heavy atom. The fourth-order valence-electron chi connectivity index (χ4n) is 2.21. The summed E-state index contributed by atoms with van der Waals surface area (Å²) in [5.41, 5.74) is 0.589. The van der Waals surface area contributed by atoms with Crippen LogP contribution in [0.3, 0.4) is 0 Å². The van der Waals surface area contributed by atoms with Crippen LogP contribution in [0.4, 0.5) is 4.79 Å². The number of hydrogen-bond acceptors (Lipinski definition) is 4. The van der Waals surface area contributed by atoms with Crippen molar-refractivity contribution < 1.29 is 9.53 Å². The molecular formula is C19H33ClIN5O2. The van der Waals surface area contributed by atoms with Crippen molar-refractivity contribution >= 4 is 47.6 Å². The van der Waals surface area contributed by atoms with Crippen LogP contribution in [0.2, 0.25) is 5.15 Å². The van der Waals surface area contributed by atoms with E-state index in [1.54, 1.807) is 17.2 Å². The van der Waals surface area contributed by atoms with Crippen molar-refractivity contribution in [1.29, 1.82) is 0 Å². The molecular weight excluding hydrogens is 493 g/mol. The van der Waals surface area contributed by atoms with Crippen molar-refractivity contribution in [3.63, 3.8) is 0 Å². The summed E-state index contributed by atoms with van der Waals surface area (Å²) in [5, 5.41) is 6.94. The van der Waals surface area contributed by atoms with Crippen LogP contribution in [0.15, 0.2) is 23.3 Å². The van der Waals surface area contributed by atoms with Gasteiger partial charge in [-0.25, -0.2) is 9.78 Å². The van der Waals surface area contributed by atoms with E-state index >= 15 is 0 Å². The van der Waals surface area contributed by atoms with Gasteiger partial charge in [0, 0.05) is 38.9 Å². The molecule has 0 spiro atoms. The molecule has 2 N–H and O–H groups in total. The summed E-state index contributed by atoms with van der Waals surface area (Å²) in [6.45, 7) is 12.6. The molecule has 0 aliphatic carbocycles. The van der Waals surface area contributed by atoms with E-state index in [4.69, 9.17) is 16.3 Å². The van der Waals surface area contributed by atoms with Crippen LogP contribution in [0.5, 0.6) is 0 Å². The smallest absolute Gasteiger partial charge is 0.410 e. The van der Waals surface area contributed by atoms with Gasteiger partial charge < -0.3 is 20.3 Å². The number of ether oxygens (including phenoxy) is 1. The van der Waals surface area contributed by atoms with Crippen LogP contribution in [0.25, 0.3) is 0 Å². The van der Waals surface area contributed by atoms with Crippen LogP contribution in [-0.4, -0.2) is 60.3 Å². The van der Waals surface area contributed by atoms with Crippen molar-refractivity contribution in [2.75, 3.05) is 32.7 Å². The molecule has 28 heavy (non-hydrogen) atoms. The average Bonchev–Trinajstić information content (AvgIpc) is 2.58. The van der Waals surface area contributed by atoms with Gasteiger partial charge in [-0.2, -0.15) is 0 Å². The first-order chi connectivity index (χ1) is 12.7. The first-order valence-corrected chi connectivity index (χ1v) is 9.73. The third-order valence-corrected chi connectivity index (χ3v) is 3.73. The fraction of sp³-hybridized carbons (Fsp3) is 0.632. The Balaban J connectivity index is 0.00000729. The molecule has 0 aliphatic rings. The summed E-state index contributed by atoms with van der Waals surface area (Å²) in [4.78, 5) is 22.5. The molecule has 1 aromatic heterocycles. The van der Waals surface area contributed by atoms with Gasteiger partial charge in [0.2, 0.25) is 0 Å². The van der Waals surface area contributed by atoms with Crippen LogP contribution in [0, 0.1) is 0 Å². The standard InChI is InChI=1S/C19H32ClN5O2.HI/c1-6-21-17(22-11-10-15-8-9-16(20)24-14-15)23-12-13-25(7-2)18(26)27-19(3,4)5;/h8-9,14H,6-7,10-13H2,1-5H3,(H2,21,22,23);1H. The zero-order valence-electron chi connectivity index (χ0n) is 17.4. The van der Waals surface area contributed by atoms with E-state index in [9.17, 15) is 4.79 Å². The Kier molecular flexibility index (Phi) is 13.2. The van der Waals surface area contributed by atoms with Crippen molar-refractivity contribution in [2.45, 2.75) is 46.6 Å². The van der Waals surface area contributed by atoms with Gasteiger partial charge in [-0.05, 0) is 52.7 Å². The second kappa shape index (κ2) is 13.8. The van der Waals surface area contributed by atoms with Gasteiger partial charge in [-0.15, -0.1) is 24.0 Å². The van der Waals surface area contributed by atoms with Gasteiger partial charge in [0.1, 0.15) is 10.8 Å². The van der Waals surface area contributed by atoms with E-state index in [0.717, 1.165) is 24.5 Å². The Hall–Kier alpha value is -1.29. The maximum Gasteiger partial charge on any atom is 0.410 e. The third-order valence-electron chi connectivity index (χ3n) is 3.51. The molecule has 0 aromatic carbocycles. The van der Waals surface area contributed by atoms with E-state index in [2.05, 4.69) is 20.6 Å². The van der Waals surface area contributed by atoms with Gasteiger partial charge in [-0.3, -0.25) is 4.99 Å². The number of pyridine rings is 1. The minimum Gasteiger partial charge on any atom is -0.444 e. The summed E-state index contributed by atoms with van der Waals surface area (Å²) >= 11 is 5.79. The lowest BCUT2D eigenvalue weighted by Crippen LogP contribution is -2.44. The van der Waals surface area contributed by atoms with Gasteiger partial charge in [0.05, 0.1) is 0 Å². The summed E-state index contributed by atoms with van der Waals surface area (Å²) in [7, 11) is 0. The molecule has 0 saturated carbocycles. The highest BCUT2D eigenvalue weighted by Gasteiger charge is 2.20. The van der Waals surface area contributed by atoms with Crippen molar-refractivity contribution in [3.05, 3.63) is 29.0 Å². The van der Waals surface area contributed by atoms with Crippen molar-refractivity contribution in [1.82, 2.24) is 20.5 Å². The van der Waals surface area contributed by atoms with E-state index < -0.39 is 5.60 Å². The number of aromatic nitrogens is 1. The minimum absolute atomic E-state index is 0. The third kappa shape index (κ3) is 11.5. The second-order valence-electron chi connectivity index (χ2n) is 6.99. The summed E-state index contributed by atoms with van der Waals surface area (Å²) in [6, 6.07) is 3.73. The van der Waals surface area contributed by atoms with Crippen LogP contribution >= 0.6 is 35.6 Å². The number of nitrogens with zero attached hydrogens (tertiary/aromatic N) is 3. The number of rotatable bonds is 8. The number of guanidine groups is 1. The molecule has 7 nitrogen and oxygen atoms in total. The minimum atomic E-state index is -0.495. The summed E-state index contributed by atoms with van der Waals surface area (Å²) in [5.74, 6) is 0.722. The normalized spacial score (nSPS) is 11.4. The van der Waals surface area contributed by atoms with Gasteiger partial charge in [0.15, 0.2) is 5.96 Å². The zero-order chi connectivity index (χ0) is 20.3. The SMILES string of the molecule is CCNC(=NCCc1ccc(Cl)nc1)NCCN(CC)C(=O)OC(C)(C)C.I. The van der Waals surface area contributed by atoms with Gasteiger partial charge >= 0.3 is 6.09 Å². The molecule has 0 fully saturated rings. The molecule has 0 saturated heterocycles. The van der Waals surface area contributed by atoms with E-state index in [0.29, 0.717) is 31.3 Å². The van der Waals surface area contributed by atoms with Crippen LogP contribution in [-0.2, 0) is 11.2 Å². The number of halogens is 2. The maximum absolute atomic E-state index is 12.2. The van der Waals surface area contributed by atoms with Crippen molar-refractivity contribution in [2.24, 2.45) is 4.99 Å². The molecule has 9 heteroatoms. The number of hydrogen-bond donors (Lipinski definition) is 2. The lowest BCUT2D eigenvalue weighted by molar-refractivity contribution is 0.0264. The highest BCUT2D eigenvalue weighted by atomic mass is 127. The van der Waals surface area contributed by atoms with E-state index in [1.165, 1.54) is 0 Å². The van der Waals surface area contributed by atoms with E-state index in [-0.39, 0.29) is 30.1 Å². The van der Waals surface area contributed by atoms with Crippen molar-refractivity contribution in [3.8, 4) is 0 Å². The summed E-state index contributed by atoms with van der Waals surface area (Å²) < 4.78 is 5.42. The first-order valence-electron chi connectivity index (χ1n) is 9.35.